The third-order valence-corrected chi connectivity index (χ3v) is 5.72. The summed E-state index contributed by atoms with van der Waals surface area (Å²) in [6.07, 6.45) is 4.70. The van der Waals surface area contributed by atoms with Gasteiger partial charge in [0.15, 0.2) is 11.6 Å². The second-order valence-corrected chi connectivity index (χ2v) is 8.39. The van der Waals surface area contributed by atoms with Gasteiger partial charge < -0.3 is 19.8 Å². The molecule has 1 fully saturated rings. The lowest BCUT2D eigenvalue weighted by molar-refractivity contribution is -0.122. The summed E-state index contributed by atoms with van der Waals surface area (Å²) < 4.78 is 4.45. The van der Waals surface area contributed by atoms with Gasteiger partial charge in [0, 0.05) is 42.0 Å². The number of hydrogen-bond acceptors (Lipinski definition) is 10. The van der Waals surface area contributed by atoms with Crippen LogP contribution in [-0.2, 0) is 16.1 Å². The Morgan fingerprint density at radius 3 is 1.86 bits per heavy atom. The van der Waals surface area contributed by atoms with Crippen LogP contribution in [0.2, 0.25) is 0 Å². The van der Waals surface area contributed by atoms with Crippen LogP contribution in [0.25, 0.3) is 0 Å². The van der Waals surface area contributed by atoms with E-state index in [4.69, 9.17) is 10.2 Å². The Morgan fingerprint density at radius 2 is 1.51 bits per heavy atom. The number of aliphatic hydroxyl groups is 2. The van der Waals surface area contributed by atoms with Crippen LogP contribution >= 0.6 is 0 Å². The van der Waals surface area contributed by atoms with Gasteiger partial charge in [-0.15, -0.1) is 0 Å². The van der Waals surface area contributed by atoms with Crippen molar-refractivity contribution in [3.8, 4) is 0 Å². The van der Waals surface area contributed by atoms with E-state index in [1.807, 2.05) is 7.05 Å². The van der Waals surface area contributed by atoms with Gasteiger partial charge in [-0.1, -0.05) is 7.43 Å². The predicted octanol–water partition coefficient (Wildman–Crippen LogP) is 2.76. The molecule has 0 aromatic carbocycles. The topological polar surface area (TPSA) is 147 Å². The summed E-state index contributed by atoms with van der Waals surface area (Å²) in [4.78, 5) is 53.3. The van der Waals surface area contributed by atoms with Crippen LogP contribution in [-0.4, -0.2) is 81.8 Å². The molecule has 1 aliphatic rings. The Labute approximate surface area is 218 Å². The van der Waals surface area contributed by atoms with Crippen molar-refractivity contribution in [1.29, 1.82) is 0 Å². The third kappa shape index (κ3) is 11.5. The molecule has 0 radical (unpaired) electrons. The van der Waals surface area contributed by atoms with Crippen LogP contribution in [0.5, 0.6) is 0 Å². The number of piperidine rings is 1. The number of aliphatic hydroxyl groups excluding tert-OH is 2. The molecule has 0 bridgehead atoms. The number of methoxy groups -OCH3 is 1. The van der Waals surface area contributed by atoms with Crippen LogP contribution < -0.4 is 0 Å². The maximum atomic E-state index is 11.1. The molecule has 10 heteroatoms. The molecular formula is C27H39N3O7. The average molecular weight is 518 g/mol. The Morgan fingerprint density at radius 1 is 0.946 bits per heavy atom. The zero-order valence-electron chi connectivity index (χ0n) is 21.4. The highest BCUT2D eigenvalue weighted by atomic mass is 16.5. The Hall–Kier alpha value is -3.34. The van der Waals surface area contributed by atoms with Crippen LogP contribution in [0.4, 0.5) is 0 Å². The number of ether oxygens (including phenoxy) is 1. The lowest BCUT2D eigenvalue weighted by Crippen LogP contribution is -2.44. The minimum absolute atomic E-state index is 0. The van der Waals surface area contributed by atoms with Crippen LogP contribution in [0, 0.1) is 5.92 Å². The quantitative estimate of drug-likeness (QED) is 0.433. The highest BCUT2D eigenvalue weighted by Crippen LogP contribution is 2.20. The maximum absolute atomic E-state index is 11.1. The van der Waals surface area contributed by atoms with Gasteiger partial charge in [-0.05, 0) is 64.9 Å². The summed E-state index contributed by atoms with van der Waals surface area (Å²) in [5.41, 5.74) is 1.83. The van der Waals surface area contributed by atoms with Crippen molar-refractivity contribution in [3.05, 3.63) is 59.2 Å². The lowest BCUT2D eigenvalue weighted by Gasteiger charge is -2.35. The first-order valence-corrected chi connectivity index (χ1v) is 11.5. The molecule has 2 aromatic heterocycles. The van der Waals surface area contributed by atoms with Gasteiger partial charge in [-0.2, -0.15) is 0 Å². The molecule has 1 saturated heterocycles. The van der Waals surface area contributed by atoms with Gasteiger partial charge in [0.05, 0.1) is 26.0 Å². The summed E-state index contributed by atoms with van der Waals surface area (Å²) in [5, 5.41) is 17.6. The van der Waals surface area contributed by atoms with E-state index in [0.717, 1.165) is 19.4 Å². The van der Waals surface area contributed by atoms with E-state index in [1.165, 1.54) is 39.4 Å². The fraction of sp³-hybridized carbons (Fsp3) is 0.481. The Bertz CT molecular complexity index is 1010. The van der Waals surface area contributed by atoms with Crippen LogP contribution in [0.15, 0.2) is 36.7 Å². The summed E-state index contributed by atoms with van der Waals surface area (Å²) >= 11 is 0. The number of pyridine rings is 2. The molecule has 0 saturated carbocycles. The number of hydrogen-bond donors (Lipinski definition) is 2. The van der Waals surface area contributed by atoms with Crippen LogP contribution in [0.1, 0.15) is 77.9 Å². The van der Waals surface area contributed by atoms with Crippen molar-refractivity contribution in [2.24, 2.45) is 5.92 Å². The van der Waals surface area contributed by atoms with Gasteiger partial charge in [0.1, 0.15) is 11.5 Å². The first-order chi connectivity index (χ1) is 17.0. The van der Waals surface area contributed by atoms with Gasteiger partial charge >= 0.3 is 5.97 Å². The molecular weight excluding hydrogens is 478 g/mol. The number of aromatic nitrogens is 2. The van der Waals surface area contributed by atoms with E-state index in [1.54, 1.807) is 25.1 Å². The number of likely N-dealkylation sites (tertiary alicyclic amines) is 1. The van der Waals surface area contributed by atoms with E-state index < -0.39 is 5.97 Å². The minimum Gasteiger partial charge on any atom is -0.464 e. The SMILES string of the molecule is C.CC(=O)C1CCC(CO)N(C)C1.CC(=O)c1ccc(CO)nc1.COC(=O)c1ccc(C(C)=O)cn1. The normalized spacial score (nSPS) is 16.5. The second-order valence-electron chi connectivity index (χ2n) is 8.39. The molecule has 0 aliphatic carbocycles. The number of rotatable bonds is 6. The largest absolute Gasteiger partial charge is 0.464 e. The average Bonchev–Trinajstić information content (AvgIpc) is 2.88. The molecule has 2 N–H and O–H groups in total. The fourth-order valence-corrected chi connectivity index (χ4v) is 3.32. The van der Waals surface area contributed by atoms with Crippen molar-refractivity contribution in [1.82, 2.24) is 14.9 Å². The molecule has 3 rings (SSSR count). The molecule has 2 aromatic rings. The molecule has 3 heterocycles. The minimum atomic E-state index is -0.505. The number of Topliss-reactive ketones (excluding diaryl/α,β-unsaturated/α-hetero) is 3. The molecule has 2 atom stereocenters. The van der Waals surface area contributed by atoms with E-state index in [9.17, 15) is 19.2 Å². The van der Waals surface area contributed by atoms with Gasteiger partial charge in [0.2, 0.25) is 0 Å². The molecule has 2 unspecified atom stereocenters. The van der Waals surface area contributed by atoms with Crippen molar-refractivity contribution in [2.75, 3.05) is 27.3 Å². The number of esters is 1. The molecule has 37 heavy (non-hydrogen) atoms. The predicted molar refractivity (Wildman–Crippen MR) is 139 cm³/mol. The van der Waals surface area contributed by atoms with E-state index in [0.29, 0.717) is 16.8 Å². The number of carbonyl (C=O) groups excluding carboxylic acids is 4. The second kappa shape index (κ2) is 17.2. The van der Waals surface area contributed by atoms with Crippen molar-refractivity contribution >= 4 is 23.3 Å². The van der Waals surface area contributed by atoms with Crippen molar-refractivity contribution in [3.63, 3.8) is 0 Å². The van der Waals surface area contributed by atoms with Crippen LogP contribution in [0.3, 0.4) is 0 Å². The number of carbonyl (C=O) groups is 4. The smallest absolute Gasteiger partial charge is 0.356 e. The van der Waals surface area contributed by atoms with E-state index in [2.05, 4.69) is 19.6 Å². The summed E-state index contributed by atoms with van der Waals surface area (Å²) in [6, 6.07) is 6.56. The molecule has 0 spiro atoms. The zero-order valence-corrected chi connectivity index (χ0v) is 21.4. The highest BCUT2D eigenvalue weighted by Gasteiger charge is 2.27. The van der Waals surface area contributed by atoms with Gasteiger partial charge in [-0.3, -0.25) is 19.4 Å². The monoisotopic (exact) mass is 517 g/mol. The number of likely N-dealkylation sites (N-methyl/N-ethyl adjacent to an activating group) is 1. The molecule has 1 aliphatic heterocycles. The Balaban J connectivity index is 0.000000520. The molecule has 0 amide bonds. The lowest BCUT2D eigenvalue weighted by atomic mass is 9.91. The molecule has 10 nitrogen and oxygen atoms in total. The number of nitrogens with zero attached hydrogens (tertiary/aromatic N) is 3. The van der Waals surface area contributed by atoms with E-state index in [-0.39, 0.29) is 55.6 Å². The third-order valence-electron chi connectivity index (χ3n) is 5.72. The zero-order chi connectivity index (χ0) is 27.3. The fourth-order valence-electron chi connectivity index (χ4n) is 3.32. The van der Waals surface area contributed by atoms with Crippen molar-refractivity contribution < 1.29 is 34.1 Å². The molecule has 204 valence electrons. The van der Waals surface area contributed by atoms with Gasteiger partial charge in [0.25, 0.3) is 0 Å². The summed E-state index contributed by atoms with van der Waals surface area (Å²) in [5.74, 6) is -0.128. The summed E-state index contributed by atoms with van der Waals surface area (Å²) in [7, 11) is 3.25. The first kappa shape index (κ1) is 33.7. The first-order valence-electron chi connectivity index (χ1n) is 11.5. The standard InChI is InChI=1S/C9H9NO3.C9H17NO2.C8H9NO2.CH4/c1-6(11)7-3-4-8(10-5-7)9(12)13-2;1-7(12)8-3-4-9(6-11)10(2)5-8;1-6(11)7-2-3-8(5-10)9-4-7;/h3-5H,1-2H3;8-9,11H,3-6H2,1-2H3;2-4,10H,5H2,1H3;1H4. The van der Waals surface area contributed by atoms with Gasteiger partial charge in [-0.25, -0.2) is 9.78 Å². The highest BCUT2D eigenvalue weighted by molar-refractivity contribution is 5.95. The maximum Gasteiger partial charge on any atom is 0.356 e. The number of ketones is 3. The van der Waals surface area contributed by atoms with Crippen molar-refractivity contribution in [2.45, 2.75) is 53.7 Å². The van der Waals surface area contributed by atoms with E-state index >= 15 is 0 Å². The summed E-state index contributed by atoms with van der Waals surface area (Å²) in [6.45, 7) is 5.50. The Kier molecular flexibility index (Phi) is 15.6.